The van der Waals surface area contributed by atoms with Crippen molar-refractivity contribution in [3.63, 3.8) is 0 Å². The smallest absolute Gasteiger partial charge is 0.459 e. The van der Waals surface area contributed by atoms with Crippen molar-refractivity contribution < 1.29 is 81.9 Å². The number of rotatable bonds is 16. The molecule has 0 aliphatic carbocycles. The Labute approximate surface area is 466 Å². The van der Waals surface area contributed by atoms with Crippen molar-refractivity contribution in [2.45, 2.75) is 199 Å². The molecule has 0 bridgehead atoms. The van der Waals surface area contributed by atoms with E-state index >= 15 is 0 Å². The molecule has 3 aromatic rings. The van der Waals surface area contributed by atoms with E-state index in [1.807, 2.05) is 107 Å². The van der Waals surface area contributed by atoms with Crippen molar-refractivity contribution in [3.8, 4) is 0 Å². The first-order valence-corrected chi connectivity index (χ1v) is 27.5. The largest absolute Gasteiger partial charge is 0.509 e. The molecule has 0 aromatic heterocycles. The Morgan fingerprint density at radius 2 is 1.28 bits per heavy atom. The Morgan fingerprint density at radius 1 is 0.722 bits per heavy atom. The molecule has 438 valence electrons. The van der Waals surface area contributed by atoms with Crippen LogP contribution in [0.15, 0.2) is 96.2 Å². The summed E-state index contributed by atoms with van der Waals surface area (Å²) in [5.41, 5.74) is -1.89. The molecule has 0 spiro atoms. The first kappa shape index (κ1) is 63.0. The standard InChI is InChI=1S/C60H86N2O17/c1-14-46-60(10,68)51(63)38(4)48(61-73-35-44-28-22-17-23-29-44)36(2)31-59(9,70-13)53(39(5)49(40(6)54(65)76-46)77-47-32-58(8,69-12)52(64)41(7)75-47)79-55-50(78-57(67)72-34-43-26-20-16-21-27-43)45(30-37(3)74-55)62(11)56(66)71-33-42-24-18-15-19-25-42/h15-29,36-41,45-47,49-53,55,63-64,68H,14,30-35H2,1-13H3/b61-48+/t36-,37-,38+,39+,40-,41+,45+,46-,47+,49+,50-,51-,52+,53-,55+,58-,59-,60-/m1/s1. The number of nitrogens with zero attached hydrogens (tertiary/aromatic N) is 2. The molecule has 6 rings (SSSR count). The van der Waals surface area contributed by atoms with Crippen LogP contribution in [-0.2, 0) is 76.8 Å². The Morgan fingerprint density at radius 3 is 1.84 bits per heavy atom. The predicted octanol–water partition coefficient (Wildman–Crippen LogP) is 8.51. The number of likely N-dealkylation sites (N-methyl/N-ethyl adjacent to an activating group) is 1. The van der Waals surface area contributed by atoms with Crippen molar-refractivity contribution in [1.29, 1.82) is 0 Å². The SMILES string of the molecule is CC[C@H]1OC(=O)[C@H](C)[C@@H](O[C@H]2C[C@@](C)(OC)[C@@H](O)[C@H](C)O2)[C@H](C)[C@@H](O[C@@H]2O[C@H](C)C[C@H](N(C)C(=O)OCc3ccccc3)[C@H]2OC(=O)OCc2ccccc2)[C@](C)(OC)C[C@@H](C)/C(=N\OCc2ccccc2)[C@H](C)[C@@H](O)[C@]1(C)O. The van der Waals surface area contributed by atoms with Gasteiger partial charge in [-0.2, -0.15) is 0 Å². The molecule has 1 amide bonds. The molecule has 18 atom stereocenters. The van der Waals surface area contributed by atoms with Crippen LogP contribution in [0.4, 0.5) is 9.59 Å². The number of aliphatic hydroxyl groups excluding tert-OH is 2. The average molecular weight is 1110 g/mol. The summed E-state index contributed by atoms with van der Waals surface area (Å²) in [6, 6.07) is 26.8. The Balaban J connectivity index is 1.49. The number of aliphatic hydroxyl groups is 3. The van der Waals surface area contributed by atoms with Gasteiger partial charge in [-0.05, 0) is 77.5 Å². The van der Waals surface area contributed by atoms with Crippen LogP contribution in [-0.4, -0.2) is 150 Å². The Hall–Kier alpha value is -5.22. The predicted molar refractivity (Wildman–Crippen MR) is 291 cm³/mol. The first-order valence-electron chi connectivity index (χ1n) is 27.5. The van der Waals surface area contributed by atoms with Gasteiger partial charge in [0.2, 0.25) is 0 Å². The fourth-order valence-corrected chi connectivity index (χ4v) is 11.3. The van der Waals surface area contributed by atoms with Crippen molar-refractivity contribution in [2.24, 2.45) is 28.8 Å². The third-order valence-corrected chi connectivity index (χ3v) is 16.3. The quantitative estimate of drug-likeness (QED) is 0.0693. The van der Waals surface area contributed by atoms with Gasteiger partial charge in [-0.15, -0.1) is 0 Å². The monoisotopic (exact) mass is 1110 g/mol. The average Bonchev–Trinajstić information content (AvgIpc) is 3.48. The maximum atomic E-state index is 14.9. The Bertz CT molecular complexity index is 2420. The Kier molecular flexibility index (Phi) is 22.3. The van der Waals surface area contributed by atoms with Crippen LogP contribution >= 0.6 is 0 Å². The van der Waals surface area contributed by atoms with Crippen LogP contribution in [0.5, 0.6) is 0 Å². The lowest BCUT2D eigenvalue weighted by Crippen LogP contribution is -2.62. The van der Waals surface area contributed by atoms with Gasteiger partial charge in [0, 0.05) is 45.4 Å². The van der Waals surface area contributed by atoms with E-state index in [9.17, 15) is 29.7 Å². The summed E-state index contributed by atoms with van der Waals surface area (Å²) in [5, 5.41) is 40.5. The molecule has 79 heavy (non-hydrogen) atoms. The van der Waals surface area contributed by atoms with E-state index in [0.29, 0.717) is 11.3 Å². The highest BCUT2D eigenvalue weighted by atomic mass is 16.8. The number of esters is 1. The van der Waals surface area contributed by atoms with Crippen LogP contribution in [0, 0.1) is 23.7 Å². The van der Waals surface area contributed by atoms with E-state index in [2.05, 4.69) is 5.16 Å². The van der Waals surface area contributed by atoms with E-state index in [1.54, 1.807) is 53.8 Å². The van der Waals surface area contributed by atoms with Gasteiger partial charge in [-0.3, -0.25) is 4.79 Å². The first-order chi connectivity index (χ1) is 37.5. The third-order valence-electron chi connectivity index (χ3n) is 16.3. The van der Waals surface area contributed by atoms with E-state index < -0.39 is 126 Å². The summed E-state index contributed by atoms with van der Waals surface area (Å²) in [6.07, 6.45) is -12.8. The zero-order valence-corrected chi connectivity index (χ0v) is 48.2. The number of methoxy groups -OCH3 is 2. The lowest BCUT2D eigenvalue weighted by Gasteiger charge is -2.50. The summed E-state index contributed by atoms with van der Waals surface area (Å²) in [6.45, 7) is 17.3. The van der Waals surface area contributed by atoms with Gasteiger partial charge in [0.05, 0.1) is 59.4 Å². The van der Waals surface area contributed by atoms with Crippen LogP contribution in [0.2, 0.25) is 0 Å². The van der Waals surface area contributed by atoms with Crippen LogP contribution in [0.1, 0.15) is 112 Å². The van der Waals surface area contributed by atoms with Gasteiger partial charge >= 0.3 is 18.2 Å². The van der Waals surface area contributed by atoms with Crippen LogP contribution < -0.4 is 0 Å². The summed E-state index contributed by atoms with van der Waals surface area (Å²) < 4.78 is 63.8. The second-order valence-electron chi connectivity index (χ2n) is 22.3. The molecule has 3 aliphatic heterocycles. The molecule has 19 nitrogen and oxygen atoms in total. The summed E-state index contributed by atoms with van der Waals surface area (Å²) in [4.78, 5) is 50.4. The molecule has 0 unspecified atom stereocenters. The van der Waals surface area contributed by atoms with Crippen LogP contribution in [0.25, 0.3) is 0 Å². The lowest BCUT2D eigenvalue weighted by atomic mass is 9.73. The van der Waals surface area contributed by atoms with Crippen molar-refractivity contribution >= 4 is 23.9 Å². The maximum absolute atomic E-state index is 14.9. The minimum absolute atomic E-state index is 0.0277. The highest BCUT2D eigenvalue weighted by Gasteiger charge is 2.55. The number of ether oxygens (including phenoxy) is 10. The number of hydrogen-bond acceptors (Lipinski definition) is 18. The van der Waals surface area contributed by atoms with E-state index in [1.165, 1.54) is 26.0 Å². The molecule has 3 saturated heterocycles. The van der Waals surface area contributed by atoms with Crippen molar-refractivity contribution in [2.75, 3.05) is 21.3 Å². The minimum atomic E-state index is -2.01. The molecule has 3 aliphatic rings. The van der Waals surface area contributed by atoms with Gasteiger partial charge in [0.15, 0.2) is 18.7 Å². The fourth-order valence-electron chi connectivity index (χ4n) is 11.3. The van der Waals surface area contributed by atoms with Gasteiger partial charge in [-0.1, -0.05) is 124 Å². The minimum Gasteiger partial charge on any atom is -0.459 e. The molecular formula is C60H86N2O17. The second-order valence-corrected chi connectivity index (χ2v) is 22.3. The molecule has 19 heteroatoms. The van der Waals surface area contributed by atoms with Crippen molar-refractivity contribution in [1.82, 2.24) is 4.90 Å². The summed E-state index contributed by atoms with van der Waals surface area (Å²) >= 11 is 0. The van der Waals surface area contributed by atoms with Gasteiger partial charge in [0.25, 0.3) is 0 Å². The number of oxime groups is 1. The van der Waals surface area contributed by atoms with Crippen LogP contribution in [0.3, 0.4) is 0 Å². The van der Waals surface area contributed by atoms with E-state index in [4.69, 9.17) is 52.2 Å². The molecule has 3 N–H and O–H groups in total. The zero-order valence-electron chi connectivity index (χ0n) is 48.2. The topological polar surface area (TPSA) is 229 Å². The number of carbonyl (C=O) groups excluding carboxylic acids is 3. The number of amides is 1. The van der Waals surface area contributed by atoms with E-state index in [-0.39, 0.29) is 45.5 Å². The number of benzene rings is 3. The van der Waals surface area contributed by atoms with E-state index in [0.717, 1.165) is 11.1 Å². The molecular weight excluding hydrogens is 1020 g/mol. The highest BCUT2D eigenvalue weighted by Crippen LogP contribution is 2.43. The fraction of sp³-hybridized carbons (Fsp3) is 0.633. The molecule has 3 heterocycles. The maximum Gasteiger partial charge on any atom is 0.509 e. The zero-order chi connectivity index (χ0) is 57.8. The molecule has 3 aromatic carbocycles. The highest BCUT2D eigenvalue weighted by molar-refractivity contribution is 5.89. The molecule has 0 radical (unpaired) electrons. The number of carbonyl (C=O) groups is 3. The second kappa shape index (κ2) is 28.0. The summed E-state index contributed by atoms with van der Waals surface area (Å²) in [7, 11) is 4.55. The number of hydrogen-bond donors (Lipinski definition) is 3. The van der Waals surface area contributed by atoms with Gasteiger partial charge < -0.3 is 72.4 Å². The van der Waals surface area contributed by atoms with Crippen molar-refractivity contribution in [3.05, 3.63) is 108 Å². The third kappa shape index (κ3) is 15.6. The molecule has 0 saturated carbocycles. The lowest BCUT2D eigenvalue weighted by molar-refractivity contribution is -0.319. The number of cyclic esters (lactones) is 1. The van der Waals surface area contributed by atoms with Gasteiger partial charge in [-0.25, -0.2) is 9.59 Å². The molecule has 3 fully saturated rings. The van der Waals surface area contributed by atoms with Gasteiger partial charge in [0.1, 0.15) is 37.6 Å². The normalized spacial score (nSPS) is 36.3. The summed E-state index contributed by atoms with van der Waals surface area (Å²) in [5.74, 6) is -4.31.